The van der Waals surface area contributed by atoms with Gasteiger partial charge in [-0.25, -0.2) is 0 Å². The molecule has 0 bridgehead atoms. The molecule has 0 saturated carbocycles. The molecule has 0 spiro atoms. The Balaban J connectivity index is 1.65. The molecule has 0 aliphatic carbocycles. The number of nitrogens with zero attached hydrogens (tertiary/aromatic N) is 3. The summed E-state index contributed by atoms with van der Waals surface area (Å²) in [6.07, 6.45) is 2.74. The topological polar surface area (TPSA) is 75.0 Å². The highest BCUT2D eigenvalue weighted by Crippen LogP contribution is 2.29. The lowest BCUT2D eigenvalue weighted by Crippen LogP contribution is -2.23. The van der Waals surface area contributed by atoms with Crippen LogP contribution in [0.4, 0.5) is 0 Å². The third-order valence-electron chi connectivity index (χ3n) is 4.63. The zero-order chi connectivity index (χ0) is 22.5. The standard InChI is InChI=1S/C24H25N3O4S/c1-4-13-31-19-12-7-16(14-20(19)30-6-3)15-21-23(28)27-24(32-21)25-22(26-27)17-8-10-18(11-9-17)29-5-2/h7-12,14-15H,4-6,13H2,1-3H3/b21-15+. The number of fused-ring (bicyclic) bond motifs is 1. The third-order valence-corrected chi connectivity index (χ3v) is 5.59. The van der Waals surface area contributed by atoms with Crippen molar-refractivity contribution in [1.29, 1.82) is 0 Å². The molecule has 0 atom stereocenters. The van der Waals surface area contributed by atoms with Gasteiger partial charge in [0.15, 0.2) is 17.3 Å². The number of hydrogen-bond acceptors (Lipinski definition) is 7. The van der Waals surface area contributed by atoms with E-state index in [1.54, 1.807) is 0 Å². The monoisotopic (exact) mass is 451 g/mol. The van der Waals surface area contributed by atoms with Gasteiger partial charge in [-0.3, -0.25) is 4.79 Å². The van der Waals surface area contributed by atoms with E-state index >= 15 is 0 Å². The SMILES string of the molecule is CCCOc1ccc(/C=c2/sc3nc(-c4ccc(OCC)cc4)nn3c2=O)cc1OCC. The maximum Gasteiger partial charge on any atom is 0.291 e. The first kappa shape index (κ1) is 21.8. The summed E-state index contributed by atoms with van der Waals surface area (Å²) in [5.41, 5.74) is 1.49. The van der Waals surface area contributed by atoms with Gasteiger partial charge in [-0.05, 0) is 68.3 Å². The summed E-state index contributed by atoms with van der Waals surface area (Å²) in [6.45, 7) is 7.69. The van der Waals surface area contributed by atoms with Crippen molar-refractivity contribution in [3.05, 3.63) is 62.9 Å². The summed E-state index contributed by atoms with van der Waals surface area (Å²) in [6, 6.07) is 13.2. The van der Waals surface area contributed by atoms with Crippen molar-refractivity contribution >= 4 is 22.4 Å². The number of ether oxygens (including phenoxy) is 3. The van der Waals surface area contributed by atoms with E-state index in [1.807, 2.05) is 62.4 Å². The summed E-state index contributed by atoms with van der Waals surface area (Å²) in [5, 5.41) is 4.41. The molecule has 8 heteroatoms. The van der Waals surface area contributed by atoms with Gasteiger partial charge in [-0.2, -0.15) is 9.50 Å². The number of thiazole rings is 1. The van der Waals surface area contributed by atoms with Crippen molar-refractivity contribution in [1.82, 2.24) is 14.6 Å². The van der Waals surface area contributed by atoms with Crippen molar-refractivity contribution in [2.24, 2.45) is 0 Å². The molecule has 32 heavy (non-hydrogen) atoms. The number of benzene rings is 2. The van der Waals surface area contributed by atoms with Crippen molar-refractivity contribution in [3.63, 3.8) is 0 Å². The molecule has 0 aliphatic heterocycles. The Morgan fingerprint density at radius 3 is 2.44 bits per heavy atom. The van der Waals surface area contributed by atoms with E-state index in [4.69, 9.17) is 14.2 Å². The summed E-state index contributed by atoms with van der Waals surface area (Å²) in [4.78, 5) is 18.0. The van der Waals surface area contributed by atoms with Gasteiger partial charge < -0.3 is 14.2 Å². The Bertz CT molecular complexity index is 1310. The number of rotatable bonds is 9. The Kier molecular flexibility index (Phi) is 6.70. The predicted octanol–water partition coefficient (Wildman–Crippen LogP) is 3.95. The lowest BCUT2D eigenvalue weighted by molar-refractivity contribution is 0.277. The Hall–Kier alpha value is -3.39. The molecule has 0 saturated heterocycles. The van der Waals surface area contributed by atoms with Crippen LogP contribution in [0.25, 0.3) is 22.4 Å². The summed E-state index contributed by atoms with van der Waals surface area (Å²) in [5.74, 6) is 2.67. The quantitative estimate of drug-likeness (QED) is 0.384. The van der Waals surface area contributed by atoms with Crippen LogP contribution in [0, 0.1) is 0 Å². The van der Waals surface area contributed by atoms with Crippen LogP contribution in [0.15, 0.2) is 47.3 Å². The highest BCUT2D eigenvalue weighted by Gasteiger charge is 2.13. The van der Waals surface area contributed by atoms with E-state index in [0.717, 1.165) is 23.3 Å². The van der Waals surface area contributed by atoms with Crippen LogP contribution < -0.4 is 24.3 Å². The van der Waals surface area contributed by atoms with Crippen LogP contribution >= 0.6 is 11.3 Å². The molecular formula is C24H25N3O4S. The predicted molar refractivity (Wildman–Crippen MR) is 126 cm³/mol. The summed E-state index contributed by atoms with van der Waals surface area (Å²) in [7, 11) is 0. The zero-order valence-corrected chi connectivity index (χ0v) is 19.1. The maximum atomic E-state index is 12.9. The largest absolute Gasteiger partial charge is 0.494 e. The van der Waals surface area contributed by atoms with Gasteiger partial charge in [0.05, 0.1) is 24.4 Å². The van der Waals surface area contributed by atoms with E-state index in [2.05, 4.69) is 17.0 Å². The average Bonchev–Trinajstić information content (AvgIpc) is 3.34. The van der Waals surface area contributed by atoms with E-state index in [0.29, 0.717) is 46.6 Å². The molecule has 2 aromatic heterocycles. The van der Waals surface area contributed by atoms with Crippen molar-refractivity contribution < 1.29 is 14.2 Å². The molecule has 0 N–H and O–H groups in total. The van der Waals surface area contributed by atoms with Crippen molar-refractivity contribution in [3.8, 4) is 28.6 Å². The maximum absolute atomic E-state index is 12.9. The van der Waals surface area contributed by atoms with Crippen LogP contribution in [0.5, 0.6) is 17.2 Å². The highest BCUT2D eigenvalue weighted by atomic mass is 32.1. The lowest BCUT2D eigenvalue weighted by Gasteiger charge is -2.11. The normalized spacial score (nSPS) is 11.8. The lowest BCUT2D eigenvalue weighted by atomic mass is 10.2. The van der Waals surface area contributed by atoms with Gasteiger partial charge in [0.1, 0.15) is 5.75 Å². The fraction of sp³-hybridized carbons (Fsp3) is 0.292. The zero-order valence-electron chi connectivity index (χ0n) is 18.3. The number of aromatic nitrogens is 3. The third kappa shape index (κ3) is 4.60. The Labute approximate surface area is 189 Å². The molecule has 0 amide bonds. The minimum atomic E-state index is -0.195. The van der Waals surface area contributed by atoms with Crippen LogP contribution in [0.1, 0.15) is 32.8 Å². The smallest absolute Gasteiger partial charge is 0.291 e. The van der Waals surface area contributed by atoms with Gasteiger partial charge in [0, 0.05) is 5.56 Å². The first-order chi connectivity index (χ1) is 15.6. The fourth-order valence-corrected chi connectivity index (χ4v) is 4.10. The minimum absolute atomic E-state index is 0.195. The van der Waals surface area contributed by atoms with Crippen LogP contribution in [0.3, 0.4) is 0 Å². The van der Waals surface area contributed by atoms with Crippen molar-refractivity contribution in [2.45, 2.75) is 27.2 Å². The molecule has 2 aromatic carbocycles. The highest BCUT2D eigenvalue weighted by molar-refractivity contribution is 7.15. The molecule has 4 aromatic rings. The van der Waals surface area contributed by atoms with Gasteiger partial charge in [-0.15, -0.1) is 5.10 Å². The van der Waals surface area contributed by atoms with Crippen LogP contribution in [0.2, 0.25) is 0 Å². The molecule has 4 rings (SSSR count). The van der Waals surface area contributed by atoms with Gasteiger partial charge in [-0.1, -0.05) is 24.3 Å². The molecule has 0 radical (unpaired) electrons. The van der Waals surface area contributed by atoms with E-state index in [1.165, 1.54) is 15.9 Å². The van der Waals surface area contributed by atoms with Crippen LogP contribution in [-0.4, -0.2) is 34.4 Å². The minimum Gasteiger partial charge on any atom is -0.494 e. The molecule has 166 valence electrons. The molecule has 0 aliphatic rings. The summed E-state index contributed by atoms with van der Waals surface area (Å²) >= 11 is 1.31. The molecule has 0 unspecified atom stereocenters. The fourth-order valence-electron chi connectivity index (χ4n) is 3.19. The van der Waals surface area contributed by atoms with E-state index in [9.17, 15) is 4.79 Å². The second-order valence-corrected chi connectivity index (χ2v) is 8.00. The first-order valence-corrected chi connectivity index (χ1v) is 11.5. The van der Waals surface area contributed by atoms with Gasteiger partial charge in [0.2, 0.25) is 4.96 Å². The van der Waals surface area contributed by atoms with Crippen molar-refractivity contribution in [2.75, 3.05) is 19.8 Å². The summed E-state index contributed by atoms with van der Waals surface area (Å²) < 4.78 is 18.8. The van der Waals surface area contributed by atoms with Gasteiger partial charge in [0.25, 0.3) is 5.56 Å². The van der Waals surface area contributed by atoms with Gasteiger partial charge >= 0.3 is 0 Å². The Morgan fingerprint density at radius 1 is 0.969 bits per heavy atom. The van der Waals surface area contributed by atoms with E-state index in [-0.39, 0.29) is 5.56 Å². The molecule has 0 fully saturated rings. The molecule has 7 nitrogen and oxygen atoms in total. The molecule has 2 heterocycles. The number of hydrogen-bond donors (Lipinski definition) is 0. The second-order valence-electron chi connectivity index (χ2n) is 6.99. The Morgan fingerprint density at radius 2 is 1.75 bits per heavy atom. The molecular weight excluding hydrogens is 426 g/mol. The average molecular weight is 452 g/mol. The van der Waals surface area contributed by atoms with Crippen LogP contribution in [-0.2, 0) is 0 Å². The second kappa shape index (κ2) is 9.82. The van der Waals surface area contributed by atoms with E-state index < -0.39 is 0 Å². The first-order valence-electron chi connectivity index (χ1n) is 10.7.